The summed E-state index contributed by atoms with van der Waals surface area (Å²) < 4.78 is 19.8. The molecule has 1 heterocycles. The SMILES string of the molecule is CCN(Cc1cc(Br)ccc1F)CC1(CO)COC1. The second-order valence-corrected chi connectivity index (χ2v) is 6.11. The van der Waals surface area contributed by atoms with Crippen LogP contribution in [0.1, 0.15) is 12.5 Å². The maximum Gasteiger partial charge on any atom is 0.127 e. The second kappa shape index (κ2) is 6.31. The van der Waals surface area contributed by atoms with Gasteiger partial charge in [0.25, 0.3) is 0 Å². The summed E-state index contributed by atoms with van der Waals surface area (Å²) in [6.45, 7) is 5.41. The molecule has 3 nitrogen and oxygen atoms in total. The molecule has 1 aromatic carbocycles. The van der Waals surface area contributed by atoms with Crippen LogP contribution in [0.4, 0.5) is 4.39 Å². The number of aliphatic hydroxyl groups is 1. The molecule has 0 amide bonds. The maximum atomic E-state index is 13.8. The van der Waals surface area contributed by atoms with Gasteiger partial charge in [0.05, 0.1) is 25.2 Å². The zero-order chi connectivity index (χ0) is 13.9. The van der Waals surface area contributed by atoms with E-state index >= 15 is 0 Å². The minimum absolute atomic E-state index is 0.116. The van der Waals surface area contributed by atoms with Crippen molar-refractivity contribution in [1.82, 2.24) is 4.90 Å². The van der Waals surface area contributed by atoms with Crippen molar-refractivity contribution in [2.45, 2.75) is 13.5 Å². The second-order valence-electron chi connectivity index (χ2n) is 5.19. The minimum atomic E-state index is -0.190. The zero-order valence-corrected chi connectivity index (χ0v) is 12.6. The molecule has 2 rings (SSSR count). The lowest BCUT2D eigenvalue weighted by Gasteiger charge is -2.43. The molecule has 1 N–H and O–H groups in total. The number of rotatable bonds is 6. The van der Waals surface area contributed by atoms with Crippen LogP contribution in [0.15, 0.2) is 22.7 Å². The largest absolute Gasteiger partial charge is 0.396 e. The van der Waals surface area contributed by atoms with Gasteiger partial charge < -0.3 is 9.84 Å². The van der Waals surface area contributed by atoms with Crippen LogP contribution >= 0.6 is 15.9 Å². The zero-order valence-electron chi connectivity index (χ0n) is 11.0. The van der Waals surface area contributed by atoms with Gasteiger partial charge in [0.2, 0.25) is 0 Å². The van der Waals surface area contributed by atoms with Crippen molar-refractivity contribution < 1.29 is 14.2 Å². The molecule has 0 atom stereocenters. The van der Waals surface area contributed by atoms with Crippen molar-refractivity contribution in [3.8, 4) is 0 Å². The standard InChI is InChI=1S/C14H19BrFNO2/c1-2-17(7-14(8-18)9-19-10-14)6-11-5-12(15)3-4-13(11)16/h3-5,18H,2,6-10H2,1H3. The van der Waals surface area contributed by atoms with Gasteiger partial charge in [-0.15, -0.1) is 0 Å². The van der Waals surface area contributed by atoms with Crippen LogP contribution in [0, 0.1) is 11.2 Å². The molecule has 0 unspecified atom stereocenters. The molecule has 0 radical (unpaired) electrons. The van der Waals surface area contributed by atoms with E-state index in [1.54, 1.807) is 12.1 Å². The number of nitrogens with zero attached hydrogens (tertiary/aromatic N) is 1. The summed E-state index contributed by atoms with van der Waals surface area (Å²) in [4.78, 5) is 2.14. The molecule has 1 aliphatic rings. The summed E-state index contributed by atoms with van der Waals surface area (Å²) in [5.41, 5.74) is 0.503. The lowest BCUT2D eigenvalue weighted by molar-refractivity contribution is -0.148. The molecule has 5 heteroatoms. The molecular formula is C14H19BrFNO2. The lowest BCUT2D eigenvalue weighted by atomic mass is 9.86. The fraction of sp³-hybridized carbons (Fsp3) is 0.571. The molecule has 0 spiro atoms. The quantitative estimate of drug-likeness (QED) is 0.868. The summed E-state index contributed by atoms with van der Waals surface area (Å²) in [6.07, 6.45) is 0. The highest BCUT2D eigenvalue weighted by Crippen LogP contribution is 2.29. The smallest absolute Gasteiger partial charge is 0.127 e. The van der Waals surface area contributed by atoms with Crippen molar-refractivity contribution in [2.75, 3.05) is 32.9 Å². The molecule has 0 saturated carbocycles. The van der Waals surface area contributed by atoms with Crippen LogP contribution in [0.3, 0.4) is 0 Å². The van der Waals surface area contributed by atoms with Crippen molar-refractivity contribution in [3.63, 3.8) is 0 Å². The predicted octanol–water partition coefficient (Wildman–Crippen LogP) is 2.42. The Morgan fingerprint density at radius 3 is 2.74 bits per heavy atom. The van der Waals surface area contributed by atoms with E-state index in [0.717, 1.165) is 17.6 Å². The number of ether oxygens (including phenoxy) is 1. The molecule has 1 aromatic rings. The number of hydrogen-bond donors (Lipinski definition) is 1. The summed E-state index contributed by atoms with van der Waals surface area (Å²) in [5.74, 6) is -0.190. The normalized spacial score (nSPS) is 17.5. The van der Waals surface area contributed by atoms with E-state index in [9.17, 15) is 9.50 Å². The van der Waals surface area contributed by atoms with Gasteiger partial charge in [-0.3, -0.25) is 4.90 Å². The summed E-state index contributed by atoms with van der Waals surface area (Å²) in [7, 11) is 0. The third-order valence-electron chi connectivity index (χ3n) is 3.56. The van der Waals surface area contributed by atoms with E-state index in [4.69, 9.17) is 4.74 Å². The van der Waals surface area contributed by atoms with Crippen molar-refractivity contribution in [2.24, 2.45) is 5.41 Å². The Balaban J connectivity index is 2.04. The average Bonchev–Trinajstić information content (AvgIpc) is 2.36. The Kier molecular flexibility index (Phi) is 4.95. The number of hydrogen-bond acceptors (Lipinski definition) is 3. The fourth-order valence-electron chi connectivity index (χ4n) is 2.28. The fourth-order valence-corrected chi connectivity index (χ4v) is 2.69. The van der Waals surface area contributed by atoms with Gasteiger partial charge in [0.15, 0.2) is 0 Å². The minimum Gasteiger partial charge on any atom is -0.396 e. The number of benzene rings is 1. The molecule has 1 saturated heterocycles. The van der Waals surface area contributed by atoms with Crippen LogP contribution in [-0.4, -0.2) is 42.9 Å². The van der Waals surface area contributed by atoms with Crippen molar-refractivity contribution in [1.29, 1.82) is 0 Å². The Morgan fingerprint density at radius 1 is 1.47 bits per heavy atom. The van der Waals surface area contributed by atoms with Crippen molar-refractivity contribution >= 4 is 15.9 Å². The van der Waals surface area contributed by atoms with Crippen LogP contribution in [0.5, 0.6) is 0 Å². The maximum absolute atomic E-state index is 13.8. The van der Waals surface area contributed by atoms with Gasteiger partial charge >= 0.3 is 0 Å². The Labute approximate surface area is 121 Å². The molecule has 19 heavy (non-hydrogen) atoms. The first-order valence-electron chi connectivity index (χ1n) is 6.43. The summed E-state index contributed by atoms with van der Waals surface area (Å²) in [5, 5.41) is 9.46. The van der Waals surface area contributed by atoms with E-state index in [-0.39, 0.29) is 17.8 Å². The average molecular weight is 332 g/mol. The number of halogens is 2. The van der Waals surface area contributed by atoms with E-state index in [1.807, 2.05) is 6.92 Å². The topological polar surface area (TPSA) is 32.7 Å². The van der Waals surface area contributed by atoms with Crippen LogP contribution in [-0.2, 0) is 11.3 Å². The highest BCUT2D eigenvalue weighted by atomic mass is 79.9. The molecular weight excluding hydrogens is 313 g/mol. The van der Waals surface area contributed by atoms with Gasteiger partial charge in [-0.05, 0) is 24.7 Å². The summed E-state index contributed by atoms with van der Waals surface area (Å²) in [6, 6.07) is 4.98. The van der Waals surface area contributed by atoms with E-state index in [0.29, 0.717) is 25.3 Å². The van der Waals surface area contributed by atoms with Gasteiger partial charge in [-0.25, -0.2) is 4.39 Å². The molecule has 0 aromatic heterocycles. The van der Waals surface area contributed by atoms with E-state index < -0.39 is 0 Å². The number of aliphatic hydroxyl groups excluding tert-OH is 1. The van der Waals surface area contributed by atoms with Gasteiger partial charge in [-0.1, -0.05) is 22.9 Å². The van der Waals surface area contributed by atoms with Gasteiger partial charge in [-0.2, -0.15) is 0 Å². The highest BCUT2D eigenvalue weighted by Gasteiger charge is 2.39. The third kappa shape index (κ3) is 3.54. The first kappa shape index (κ1) is 14.9. The molecule has 1 fully saturated rings. The highest BCUT2D eigenvalue weighted by molar-refractivity contribution is 9.10. The first-order valence-corrected chi connectivity index (χ1v) is 7.23. The van der Waals surface area contributed by atoms with Crippen LogP contribution in [0.25, 0.3) is 0 Å². The molecule has 106 valence electrons. The lowest BCUT2D eigenvalue weighted by Crippen LogP contribution is -2.53. The van der Waals surface area contributed by atoms with Gasteiger partial charge in [0, 0.05) is 23.1 Å². The summed E-state index contributed by atoms with van der Waals surface area (Å²) >= 11 is 3.36. The Bertz CT molecular complexity index is 432. The first-order chi connectivity index (χ1) is 9.08. The molecule has 0 bridgehead atoms. The monoisotopic (exact) mass is 331 g/mol. The molecule has 0 aliphatic carbocycles. The van der Waals surface area contributed by atoms with E-state index in [1.165, 1.54) is 6.07 Å². The van der Waals surface area contributed by atoms with Crippen LogP contribution in [0.2, 0.25) is 0 Å². The Hall–Kier alpha value is -0.490. The van der Waals surface area contributed by atoms with Crippen molar-refractivity contribution in [3.05, 3.63) is 34.1 Å². The van der Waals surface area contributed by atoms with Gasteiger partial charge in [0.1, 0.15) is 5.82 Å². The third-order valence-corrected chi connectivity index (χ3v) is 4.05. The van der Waals surface area contributed by atoms with E-state index in [2.05, 4.69) is 20.8 Å². The predicted molar refractivity (Wildman–Crippen MR) is 75.4 cm³/mol. The van der Waals surface area contributed by atoms with Crippen LogP contribution < -0.4 is 0 Å². The molecule has 1 aliphatic heterocycles. The Morgan fingerprint density at radius 2 is 2.21 bits per heavy atom.